The molecule has 0 aromatic heterocycles. The summed E-state index contributed by atoms with van der Waals surface area (Å²) in [6.07, 6.45) is 5.21. The first-order chi connectivity index (χ1) is 12.3. The number of carbonyl (C=O) groups is 1. The molecule has 1 heterocycles. The zero-order valence-electron chi connectivity index (χ0n) is 15.9. The second-order valence-corrected chi connectivity index (χ2v) is 8.44. The minimum atomic E-state index is -0.953. The van der Waals surface area contributed by atoms with Crippen molar-refractivity contribution in [3.05, 3.63) is 42.1 Å². The molecule has 4 nitrogen and oxygen atoms in total. The monoisotopic (exact) mass is 360 g/mol. The van der Waals surface area contributed by atoms with Crippen molar-refractivity contribution >= 4 is 12.2 Å². The second kappa shape index (κ2) is 7.29. The van der Waals surface area contributed by atoms with Crippen LogP contribution in [0.25, 0.3) is 6.08 Å². The molecule has 1 saturated heterocycles. The molecule has 5 heteroatoms. The lowest BCUT2D eigenvalue weighted by molar-refractivity contribution is 0.0200. The molecule has 2 unspecified atom stereocenters. The minimum absolute atomic E-state index is 0.204. The number of nitrogens with zero attached hydrogens (tertiary/aromatic N) is 1. The van der Waals surface area contributed by atoms with E-state index in [9.17, 15) is 9.18 Å². The number of likely N-dealkylation sites (tertiary alicyclic amines) is 1. The van der Waals surface area contributed by atoms with E-state index < -0.39 is 23.4 Å². The number of alkyl carbamates (subject to hydrolysis) is 1. The van der Waals surface area contributed by atoms with Crippen LogP contribution in [0.1, 0.15) is 45.6 Å². The van der Waals surface area contributed by atoms with Crippen molar-refractivity contribution in [3.63, 3.8) is 0 Å². The van der Waals surface area contributed by atoms with Gasteiger partial charge in [0.1, 0.15) is 11.8 Å². The zero-order valence-corrected chi connectivity index (χ0v) is 15.9. The Bertz CT molecular complexity index is 650. The van der Waals surface area contributed by atoms with E-state index in [2.05, 4.69) is 5.32 Å². The lowest BCUT2D eigenvalue weighted by Gasteiger charge is -2.47. The van der Waals surface area contributed by atoms with E-state index in [0.717, 1.165) is 24.8 Å². The van der Waals surface area contributed by atoms with E-state index in [1.807, 2.05) is 68.3 Å². The first-order valence-electron chi connectivity index (χ1n) is 9.40. The van der Waals surface area contributed by atoms with Crippen molar-refractivity contribution in [2.24, 2.45) is 5.92 Å². The van der Waals surface area contributed by atoms with Gasteiger partial charge in [-0.1, -0.05) is 30.3 Å². The smallest absolute Gasteiger partial charge is 0.408 e. The summed E-state index contributed by atoms with van der Waals surface area (Å²) in [4.78, 5) is 14.3. The molecule has 1 aromatic rings. The van der Waals surface area contributed by atoms with Gasteiger partial charge in [-0.15, -0.1) is 0 Å². The van der Waals surface area contributed by atoms with Crippen LogP contribution < -0.4 is 5.32 Å². The molecule has 1 amide bonds. The molecule has 1 aliphatic heterocycles. The van der Waals surface area contributed by atoms with Gasteiger partial charge in [0.25, 0.3) is 0 Å². The summed E-state index contributed by atoms with van der Waals surface area (Å²) in [5.74, 6) is -0.204. The number of hydrogen-bond acceptors (Lipinski definition) is 3. The molecule has 0 radical (unpaired) electrons. The largest absolute Gasteiger partial charge is 0.444 e. The Balaban J connectivity index is 1.64. The molecule has 1 aliphatic carbocycles. The molecule has 1 N–H and O–H groups in total. The molecule has 142 valence electrons. The first-order valence-corrected chi connectivity index (χ1v) is 9.40. The van der Waals surface area contributed by atoms with Gasteiger partial charge in [0, 0.05) is 19.0 Å². The van der Waals surface area contributed by atoms with Gasteiger partial charge in [-0.2, -0.15) is 0 Å². The van der Waals surface area contributed by atoms with Crippen molar-refractivity contribution in [1.29, 1.82) is 0 Å². The Morgan fingerprint density at radius 2 is 1.96 bits per heavy atom. The number of amides is 1. The lowest BCUT2D eigenvalue weighted by atomic mass is 9.67. The van der Waals surface area contributed by atoms with Gasteiger partial charge in [-0.3, -0.25) is 0 Å². The fraction of sp³-hybridized carbons (Fsp3) is 0.571. The Kier molecular flexibility index (Phi) is 5.26. The molecule has 0 bridgehead atoms. The number of rotatable bonds is 4. The molecular formula is C21H29FN2O2. The summed E-state index contributed by atoms with van der Waals surface area (Å²) in [6.45, 7) is 6.49. The quantitative estimate of drug-likeness (QED) is 0.867. The van der Waals surface area contributed by atoms with Crippen molar-refractivity contribution < 1.29 is 13.9 Å². The molecule has 2 aliphatic rings. The normalized spacial score (nSPS) is 25.2. The highest BCUT2D eigenvalue weighted by molar-refractivity contribution is 5.69. The molecule has 0 spiro atoms. The fourth-order valence-corrected chi connectivity index (χ4v) is 3.84. The topological polar surface area (TPSA) is 41.6 Å². The number of nitrogens with one attached hydrogen (secondary N) is 1. The predicted octanol–water partition coefficient (Wildman–Crippen LogP) is 4.37. The average molecular weight is 360 g/mol. The highest BCUT2D eigenvalue weighted by Gasteiger charge is 2.52. The van der Waals surface area contributed by atoms with Gasteiger partial charge >= 0.3 is 6.09 Å². The second-order valence-electron chi connectivity index (χ2n) is 8.44. The number of halogens is 1. The summed E-state index contributed by atoms with van der Waals surface area (Å²) in [6, 6.07) is 9.99. The highest BCUT2D eigenvalue weighted by Crippen LogP contribution is 2.43. The van der Waals surface area contributed by atoms with Crippen LogP contribution in [0, 0.1) is 5.92 Å². The van der Waals surface area contributed by atoms with E-state index in [4.69, 9.17) is 4.74 Å². The predicted molar refractivity (Wildman–Crippen MR) is 101 cm³/mol. The third-order valence-corrected chi connectivity index (χ3v) is 5.26. The molecule has 2 fully saturated rings. The van der Waals surface area contributed by atoms with Crippen LogP contribution in [0.2, 0.25) is 0 Å². The maximum atomic E-state index is 14.8. The molecule has 3 rings (SSSR count). The van der Waals surface area contributed by atoms with Gasteiger partial charge in [0.15, 0.2) is 0 Å². The van der Waals surface area contributed by atoms with E-state index in [0.29, 0.717) is 13.1 Å². The summed E-state index contributed by atoms with van der Waals surface area (Å²) in [5.41, 5.74) is 0.0676. The number of alkyl halides is 1. The van der Waals surface area contributed by atoms with Crippen LogP contribution in [0.5, 0.6) is 0 Å². The molecule has 1 aromatic carbocycles. The Morgan fingerprint density at radius 3 is 2.54 bits per heavy atom. The maximum Gasteiger partial charge on any atom is 0.408 e. The van der Waals surface area contributed by atoms with Crippen LogP contribution in [0.15, 0.2) is 36.5 Å². The number of carbonyl (C=O) groups excluding carboxylic acids is 1. The van der Waals surface area contributed by atoms with Gasteiger partial charge in [0.2, 0.25) is 0 Å². The van der Waals surface area contributed by atoms with E-state index in [1.165, 1.54) is 0 Å². The molecule has 2 atom stereocenters. The summed E-state index contributed by atoms with van der Waals surface area (Å²) < 4.78 is 20.2. The van der Waals surface area contributed by atoms with E-state index in [-0.39, 0.29) is 5.92 Å². The number of hydrogen-bond donors (Lipinski definition) is 1. The summed E-state index contributed by atoms with van der Waals surface area (Å²) >= 11 is 0. The fourth-order valence-electron chi connectivity index (χ4n) is 3.84. The third kappa shape index (κ3) is 4.37. The molecular weight excluding hydrogens is 331 g/mol. The van der Waals surface area contributed by atoms with Gasteiger partial charge < -0.3 is 15.0 Å². The summed E-state index contributed by atoms with van der Waals surface area (Å²) in [7, 11) is 0. The SMILES string of the molecule is CC(C)(C)OC(=O)NC1(C2CN(C=Cc3ccccc3)CC2F)CCC1. The molecule has 26 heavy (non-hydrogen) atoms. The van der Waals surface area contributed by atoms with Crippen molar-refractivity contribution in [2.75, 3.05) is 13.1 Å². The van der Waals surface area contributed by atoms with Crippen molar-refractivity contribution in [2.45, 2.75) is 57.3 Å². The third-order valence-electron chi connectivity index (χ3n) is 5.26. The van der Waals surface area contributed by atoms with Crippen LogP contribution in [-0.4, -0.2) is 41.4 Å². The maximum absolute atomic E-state index is 14.8. The van der Waals surface area contributed by atoms with Crippen LogP contribution in [-0.2, 0) is 4.74 Å². The van der Waals surface area contributed by atoms with Gasteiger partial charge in [-0.25, -0.2) is 9.18 Å². The van der Waals surface area contributed by atoms with Gasteiger partial charge in [-0.05, 0) is 57.9 Å². The number of ether oxygens (including phenoxy) is 1. The van der Waals surface area contributed by atoms with E-state index in [1.54, 1.807) is 0 Å². The zero-order chi connectivity index (χ0) is 18.8. The average Bonchev–Trinajstić information content (AvgIpc) is 2.89. The standard InChI is InChI=1S/C21H29FN2O2/c1-20(2,3)26-19(25)23-21(11-7-12-21)17-14-24(15-18(17)22)13-10-16-8-5-4-6-9-16/h4-6,8-10,13,17-18H,7,11-12,14-15H2,1-3H3,(H,23,25). The first kappa shape index (κ1) is 18.7. The molecule has 1 saturated carbocycles. The van der Waals surface area contributed by atoms with Crippen molar-refractivity contribution in [1.82, 2.24) is 10.2 Å². The van der Waals surface area contributed by atoms with Crippen LogP contribution >= 0.6 is 0 Å². The minimum Gasteiger partial charge on any atom is -0.444 e. The highest BCUT2D eigenvalue weighted by atomic mass is 19.1. The Morgan fingerprint density at radius 1 is 1.27 bits per heavy atom. The number of benzene rings is 1. The Labute approximate surface area is 155 Å². The van der Waals surface area contributed by atoms with E-state index >= 15 is 0 Å². The summed E-state index contributed by atoms with van der Waals surface area (Å²) in [5, 5.41) is 3.00. The van der Waals surface area contributed by atoms with Crippen molar-refractivity contribution in [3.8, 4) is 0 Å². The van der Waals surface area contributed by atoms with Gasteiger partial charge in [0.05, 0.1) is 5.54 Å². The van der Waals surface area contributed by atoms with Crippen LogP contribution in [0.3, 0.4) is 0 Å². The lowest BCUT2D eigenvalue weighted by Crippen LogP contribution is -2.61. The Hall–Kier alpha value is -2.04. The van der Waals surface area contributed by atoms with Crippen LogP contribution in [0.4, 0.5) is 9.18 Å².